The standard InChI is InChI=1S/C12H14ClN3O/c13-9-6-10(15-7-9)11(17)16-12(8-14)4-2-1-3-5-12/h6-7,15H,1-5H2,(H,16,17). The molecule has 2 rings (SSSR count). The Labute approximate surface area is 105 Å². The summed E-state index contributed by atoms with van der Waals surface area (Å²) in [5.41, 5.74) is -0.303. The lowest BCUT2D eigenvalue weighted by atomic mass is 9.83. The second-order valence-corrected chi connectivity index (χ2v) is 4.88. The quantitative estimate of drug-likeness (QED) is 0.848. The zero-order valence-corrected chi connectivity index (χ0v) is 10.2. The molecule has 1 heterocycles. The maximum atomic E-state index is 11.9. The number of hydrogen-bond acceptors (Lipinski definition) is 2. The highest BCUT2D eigenvalue weighted by Gasteiger charge is 2.34. The SMILES string of the molecule is N#CC1(NC(=O)c2cc(Cl)c[nH]2)CCCCC1. The lowest BCUT2D eigenvalue weighted by molar-refractivity contribution is 0.0898. The Morgan fingerprint density at radius 2 is 2.18 bits per heavy atom. The number of nitriles is 1. The van der Waals surface area contributed by atoms with Crippen LogP contribution in [0.3, 0.4) is 0 Å². The third kappa shape index (κ3) is 2.62. The maximum Gasteiger partial charge on any atom is 0.268 e. The number of carbonyl (C=O) groups is 1. The lowest BCUT2D eigenvalue weighted by Gasteiger charge is -2.31. The van der Waals surface area contributed by atoms with Crippen molar-refractivity contribution >= 4 is 17.5 Å². The van der Waals surface area contributed by atoms with Crippen LogP contribution in [-0.2, 0) is 0 Å². The first kappa shape index (κ1) is 12.0. The third-order valence-electron chi connectivity index (χ3n) is 3.17. The van der Waals surface area contributed by atoms with Gasteiger partial charge in [0.2, 0.25) is 0 Å². The molecule has 0 radical (unpaired) electrons. The Morgan fingerprint density at radius 3 is 2.71 bits per heavy atom. The zero-order chi connectivity index (χ0) is 12.3. The van der Waals surface area contributed by atoms with E-state index in [2.05, 4.69) is 16.4 Å². The van der Waals surface area contributed by atoms with E-state index in [1.807, 2.05) is 0 Å². The largest absolute Gasteiger partial charge is 0.356 e. The second-order valence-electron chi connectivity index (χ2n) is 4.44. The summed E-state index contributed by atoms with van der Waals surface area (Å²) in [5.74, 6) is -0.264. The van der Waals surface area contributed by atoms with E-state index in [-0.39, 0.29) is 5.91 Å². The first-order valence-corrected chi connectivity index (χ1v) is 6.11. The second kappa shape index (κ2) is 4.80. The van der Waals surface area contributed by atoms with Gasteiger partial charge in [-0.25, -0.2) is 0 Å². The topological polar surface area (TPSA) is 68.7 Å². The van der Waals surface area contributed by atoms with E-state index in [0.717, 1.165) is 32.1 Å². The van der Waals surface area contributed by atoms with Gasteiger partial charge in [0.25, 0.3) is 5.91 Å². The molecule has 17 heavy (non-hydrogen) atoms. The van der Waals surface area contributed by atoms with Crippen molar-refractivity contribution in [1.82, 2.24) is 10.3 Å². The van der Waals surface area contributed by atoms with E-state index in [1.54, 1.807) is 12.3 Å². The first-order chi connectivity index (χ1) is 8.15. The highest BCUT2D eigenvalue weighted by atomic mass is 35.5. The minimum atomic E-state index is -0.701. The molecule has 1 fully saturated rings. The van der Waals surface area contributed by atoms with E-state index < -0.39 is 5.54 Å². The molecule has 1 amide bonds. The molecule has 5 heteroatoms. The van der Waals surface area contributed by atoms with Gasteiger partial charge in [-0.1, -0.05) is 30.9 Å². The maximum absolute atomic E-state index is 11.9. The van der Waals surface area contributed by atoms with Gasteiger partial charge in [-0.05, 0) is 18.9 Å². The van der Waals surface area contributed by atoms with Crippen LogP contribution in [0.4, 0.5) is 0 Å². The van der Waals surface area contributed by atoms with Gasteiger partial charge >= 0.3 is 0 Å². The number of H-pyrrole nitrogens is 1. The summed E-state index contributed by atoms with van der Waals surface area (Å²) in [4.78, 5) is 14.7. The number of carbonyl (C=O) groups excluding carboxylic acids is 1. The van der Waals surface area contributed by atoms with Crippen molar-refractivity contribution in [3.63, 3.8) is 0 Å². The number of halogens is 1. The molecule has 0 unspecified atom stereocenters. The molecule has 1 aromatic heterocycles. The van der Waals surface area contributed by atoms with Crippen molar-refractivity contribution in [3.05, 3.63) is 23.0 Å². The number of rotatable bonds is 2. The van der Waals surface area contributed by atoms with Crippen molar-refractivity contribution < 1.29 is 4.79 Å². The summed E-state index contributed by atoms with van der Waals surface area (Å²) in [5, 5.41) is 12.6. The van der Waals surface area contributed by atoms with Crippen LogP contribution in [0.5, 0.6) is 0 Å². The van der Waals surface area contributed by atoms with E-state index >= 15 is 0 Å². The number of hydrogen-bond donors (Lipinski definition) is 2. The Kier molecular flexibility index (Phi) is 3.39. The molecule has 1 aromatic rings. The summed E-state index contributed by atoms with van der Waals surface area (Å²) in [6.45, 7) is 0. The van der Waals surface area contributed by atoms with E-state index in [1.165, 1.54) is 0 Å². The summed E-state index contributed by atoms with van der Waals surface area (Å²) >= 11 is 5.74. The predicted molar refractivity (Wildman–Crippen MR) is 64.7 cm³/mol. The van der Waals surface area contributed by atoms with Gasteiger partial charge < -0.3 is 10.3 Å². The van der Waals surface area contributed by atoms with Crippen LogP contribution in [-0.4, -0.2) is 16.4 Å². The van der Waals surface area contributed by atoms with Gasteiger partial charge in [0.1, 0.15) is 11.2 Å². The molecule has 0 aromatic carbocycles. The van der Waals surface area contributed by atoms with Gasteiger partial charge in [-0.15, -0.1) is 0 Å². The number of nitrogens with one attached hydrogen (secondary N) is 2. The highest BCUT2D eigenvalue weighted by molar-refractivity contribution is 6.30. The van der Waals surface area contributed by atoms with Crippen LogP contribution in [0.15, 0.2) is 12.3 Å². The van der Waals surface area contributed by atoms with Crippen LogP contribution < -0.4 is 5.32 Å². The van der Waals surface area contributed by atoms with Crippen LogP contribution in [0.2, 0.25) is 5.02 Å². The van der Waals surface area contributed by atoms with Crippen LogP contribution in [0.25, 0.3) is 0 Å². The minimum Gasteiger partial charge on any atom is -0.356 e. The Bertz CT molecular complexity index is 455. The monoisotopic (exact) mass is 251 g/mol. The van der Waals surface area contributed by atoms with Gasteiger partial charge in [0.05, 0.1) is 11.1 Å². The van der Waals surface area contributed by atoms with Crippen molar-refractivity contribution in [2.75, 3.05) is 0 Å². The molecule has 0 saturated heterocycles. The molecule has 2 N–H and O–H groups in total. The molecule has 1 saturated carbocycles. The number of aromatic amines is 1. The van der Waals surface area contributed by atoms with Gasteiger partial charge in [0.15, 0.2) is 0 Å². The van der Waals surface area contributed by atoms with Crippen molar-refractivity contribution in [1.29, 1.82) is 5.26 Å². The molecule has 90 valence electrons. The summed E-state index contributed by atoms with van der Waals surface area (Å²) in [6.07, 6.45) is 6.11. The molecule has 0 aliphatic heterocycles. The van der Waals surface area contributed by atoms with Gasteiger partial charge in [0, 0.05) is 6.20 Å². The minimum absolute atomic E-state index is 0.264. The number of nitrogens with zero attached hydrogens (tertiary/aromatic N) is 1. The molecule has 0 atom stereocenters. The molecule has 4 nitrogen and oxygen atoms in total. The van der Waals surface area contributed by atoms with E-state index in [9.17, 15) is 10.1 Å². The van der Waals surface area contributed by atoms with Crippen molar-refractivity contribution in [2.24, 2.45) is 0 Å². The Balaban J connectivity index is 2.09. The van der Waals surface area contributed by atoms with Crippen LogP contribution in [0, 0.1) is 11.3 Å². The smallest absolute Gasteiger partial charge is 0.268 e. The average molecular weight is 252 g/mol. The molecule has 1 aliphatic rings. The number of amides is 1. The van der Waals surface area contributed by atoms with Crippen molar-refractivity contribution in [3.8, 4) is 6.07 Å². The highest BCUT2D eigenvalue weighted by Crippen LogP contribution is 2.27. The summed E-state index contributed by atoms with van der Waals surface area (Å²) in [6, 6.07) is 3.81. The Hall–Kier alpha value is -1.47. The molecule has 0 bridgehead atoms. The Morgan fingerprint density at radius 1 is 1.47 bits per heavy atom. The zero-order valence-electron chi connectivity index (χ0n) is 9.42. The molecular weight excluding hydrogens is 238 g/mol. The van der Waals surface area contributed by atoms with Crippen molar-refractivity contribution in [2.45, 2.75) is 37.6 Å². The molecular formula is C12H14ClN3O. The van der Waals surface area contributed by atoms with Gasteiger partial charge in [-0.2, -0.15) is 5.26 Å². The van der Waals surface area contributed by atoms with E-state index in [0.29, 0.717) is 10.7 Å². The first-order valence-electron chi connectivity index (χ1n) is 5.73. The average Bonchev–Trinajstić information content (AvgIpc) is 2.77. The fourth-order valence-corrected chi connectivity index (χ4v) is 2.37. The fourth-order valence-electron chi connectivity index (χ4n) is 2.20. The summed E-state index contributed by atoms with van der Waals surface area (Å²) in [7, 11) is 0. The fraction of sp³-hybridized carbons (Fsp3) is 0.500. The predicted octanol–water partition coefficient (Wildman–Crippen LogP) is 2.62. The van der Waals surface area contributed by atoms with Crippen LogP contribution in [0.1, 0.15) is 42.6 Å². The number of aromatic nitrogens is 1. The normalized spacial score (nSPS) is 18.4. The van der Waals surface area contributed by atoms with Crippen LogP contribution >= 0.6 is 11.6 Å². The van der Waals surface area contributed by atoms with E-state index in [4.69, 9.17) is 11.6 Å². The van der Waals surface area contributed by atoms with Gasteiger partial charge in [-0.3, -0.25) is 4.79 Å². The molecule has 0 spiro atoms. The summed E-state index contributed by atoms with van der Waals surface area (Å²) < 4.78 is 0. The molecule has 1 aliphatic carbocycles. The lowest BCUT2D eigenvalue weighted by Crippen LogP contribution is -2.48. The third-order valence-corrected chi connectivity index (χ3v) is 3.38.